The third-order valence-electron chi connectivity index (χ3n) is 15.5. The minimum Gasteiger partial charge on any atom is -0.309 e. The Hall–Kier alpha value is -9.56. The standard InChI is InChI=1S/C73H49N/c1-4-20-50(21-5-1)55-24-18-25-56(48-55)53-40-38-51(39-41-53)52-42-44-59(45-43-52)74(72-68-35-15-13-32-63(68)62-31-12-14-34-67(62)71(72)66-36-19-23-54-22-10-11-30-61(54)66)60-46-47-65-64-33-16-17-37-69(64)73(70(65)49-60,57-26-6-2-7-27-57)58-28-8-3-9-29-58/h1-49H. The van der Waals surface area contributed by atoms with Crippen LogP contribution >= 0.6 is 0 Å². The Morgan fingerprint density at radius 3 is 1.35 bits per heavy atom. The van der Waals surface area contributed by atoms with E-state index in [9.17, 15) is 0 Å². The molecule has 0 saturated carbocycles. The summed E-state index contributed by atoms with van der Waals surface area (Å²) in [6.45, 7) is 0. The monoisotopic (exact) mass is 939 g/mol. The normalized spacial score (nSPS) is 12.4. The molecule has 0 aromatic heterocycles. The van der Waals surface area contributed by atoms with Gasteiger partial charge in [-0.15, -0.1) is 0 Å². The molecule has 1 heteroatoms. The minimum atomic E-state index is -0.571. The van der Waals surface area contributed by atoms with Gasteiger partial charge in [-0.1, -0.05) is 267 Å². The summed E-state index contributed by atoms with van der Waals surface area (Å²) < 4.78 is 0. The Labute approximate surface area is 432 Å². The zero-order valence-corrected chi connectivity index (χ0v) is 40.7. The van der Waals surface area contributed by atoms with Crippen LogP contribution in [0.25, 0.3) is 88.0 Å². The molecular formula is C73H49N. The van der Waals surface area contributed by atoms with E-state index in [1.54, 1.807) is 0 Å². The van der Waals surface area contributed by atoms with Crippen molar-refractivity contribution in [3.8, 4) is 55.6 Å². The molecule has 1 aliphatic carbocycles. The Balaban J connectivity index is 1.01. The summed E-state index contributed by atoms with van der Waals surface area (Å²) in [6.07, 6.45) is 0. The average Bonchev–Trinajstić information content (AvgIpc) is 3.79. The van der Waals surface area contributed by atoms with Crippen LogP contribution in [0.4, 0.5) is 17.1 Å². The van der Waals surface area contributed by atoms with E-state index in [-0.39, 0.29) is 0 Å². The van der Waals surface area contributed by atoms with Gasteiger partial charge in [-0.05, 0) is 130 Å². The van der Waals surface area contributed by atoms with E-state index in [4.69, 9.17) is 0 Å². The Morgan fingerprint density at radius 1 is 0.243 bits per heavy atom. The molecule has 1 aliphatic rings. The number of rotatable bonds is 9. The van der Waals surface area contributed by atoms with E-state index in [1.807, 2.05) is 0 Å². The number of nitrogens with zero attached hydrogens (tertiary/aromatic N) is 1. The van der Waals surface area contributed by atoms with Crippen LogP contribution in [0.15, 0.2) is 297 Å². The predicted molar refractivity (Wildman–Crippen MR) is 313 cm³/mol. The number of hydrogen-bond donors (Lipinski definition) is 0. The fourth-order valence-electron chi connectivity index (χ4n) is 12.2. The first-order valence-corrected chi connectivity index (χ1v) is 25.7. The first kappa shape index (κ1) is 43.2. The molecule has 0 atom stereocenters. The number of hydrogen-bond acceptors (Lipinski definition) is 1. The van der Waals surface area contributed by atoms with Gasteiger partial charge >= 0.3 is 0 Å². The van der Waals surface area contributed by atoms with Gasteiger partial charge in [0.25, 0.3) is 0 Å². The van der Waals surface area contributed by atoms with Gasteiger partial charge in [0, 0.05) is 22.3 Å². The van der Waals surface area contributed by atoms with Gasteiger partial charge in [-0.2, -0.15) is 0 Å². The fourth-order valence-corrected chi connectivity index (χ4v) is 12.2. The summed E-state index contributed by atoms with van der Waals surface area (Å²) in [5.74, 6) is 0. The smallest absolute Gasteiger partial charge is 0.0714 e. The molecule has 13 aromatic carbocycles. The van der Waals surface area contributed by atoms with Crippen molar-refractivity contribution in [3.63, 3.8) is 0 Å². The van der Waals surface area contributed by atoms with Crippen molar-refractivity contribution in [2.24, 2.45) is 0 Å². The molecule has 13 aromatic rings. The summed E-state index contributed by atoms with van der Waals surface area (Å²) in [7, 11) is 0. The van der Waals surface area contributed by atoms with Crippen LogP contribution in [0.2, 0.25) is 0 Å². The third-order valence-corrected chi connectivity index (χ3v) is 15.5. The predicted octanol–water partition coefficient (Wildman–Crippen LogP) is 19.6. The second-order valence-corrected chi connectivity index (χ2v) is 19.5. The van der Waals surface area contributed by atoms with Crippen LogP contribution in [0.5, 0.6) is 0 Å². The van der Waals surface area contributed by atoms with E-state index in [0.29, 0.717) is 0 Å². The third kappa shape index (κ3) is 7.00. The molecule has 0 aliphatic heterocycles. The molecule has 74 heavy (non-hydrogen) atoms. The quantitative estimate of drug-likeness (QED) is 0.130. The zero-order chi connectivity index (χ0) is 49.0. The molecule has 0 heterocycles. The second kappa shape index (κ2) is 17.9. The number of anilines is 3. The van der Waals surface area contributed by atoms with Gasteiger partial charge in [0.1, 0.15) is 0 Å². The van der Waals surface area contributed by atoms with Crippen LogP contribution in [0.1, 0.15) is 22.3 Å². The maximum atomic E-state index is 2.56. The molecule has 0 amide bonds. The number of fused-ring (bicyclic) bond motifs is 7. The summed E-state index contributed by atoms with van der Waals surface area (Å²) in [5.41, 5.74) is 19.9. The molecule has 14 rings (SSSR count). The van der Waals surface area contributed by atoms with Crippen molar-refractivity contribution in [1.29, 1.82) is 0 Å². The second-order valence-electron chi connectivity index (χ2n) is 19.5. The highest BCUT2D eigenvalue weighted by molar-refractivity contribution is 6.24. The van der Waals surface area contributed by atoms with Gasteiger partial charge < -0.3 is 4.90 Å². The first-order valence-electron chi connectivity index (χ1n) is 25.7. The highest BCUT2D eigenvalue weighted by Gasteiger charge is 2.46. The topological polar surface area (TPSA) is 3.24 Å². The van der Waals surface area contributed by atoms with E-state index in [2.05, 4.69) is 302 Å². The SMILES string of the molecule is c1ccc(-c2cccc(-c3ccc(-c4ccc(N(c5ccc6c(c5)C(c5ccccc5)(c5ccccc5)c5ccccc5-6)c5c(-c6cccc7ccccc67)c6ccccc6c6ccccc56)cc4)cc3)c2)cc1. The largest absolute Gasteiger partial charge is 0.309 e. The Kier molecular flexibility index (Phi) is 10.5. The van der Waals surface area contributed by atoms with E-state index in [1.165, 1.54) is 105 Å². The maximum Gasteiger partial charge on any atom is 0.0714 e. The lowest BCUT2D eigenvalue weighted by Gasteiger charge is -2.35. The van der Waals surface area contributed by atoms with Crippen molar-refractivity contribution in [1.82, 2.24) is 0 Å². The van der Waals surface area contributed by atoms with Gasteiger partial charge in [-0.25, -0.2) is 0 Å². The molecule has 0 N–H and O–H groups in total. The Morgan fingerprint density at radius 2 is 0.676 bits per heavy atom. The van der Waals surface area contributed by atoms with Gasteiger partial charge in [0.15, 0.2) is 0 Å². The Bertz CT molecular complexity index is 4170. The summed E-state index contributed by atoms with van der Waals surface area (Å²) in [6, 6.07) is 110. The van der Waals surface area contributed by atoms with Crippen molar-refractivity contribution >= 4 is 49.4 Å². The molecular weight excluding hydrogens is 891 g/mol. The van der Waals surface area contributed by atoms with Crippen LogP contribution < -0.4 is 4.90 Å². The van der Waals surface area contributed by atoms with Crippen LogP contribution in [-0.2, 0) is 5.41 Å². The summed E-state index contributed by atoms with van der Waals surface area (Å²) in [4.78, 5) is 2.56. The van der Waals surface area contributed by atoms with E-state index >= 15 is 0 Å². The van der Waals surface area contributed by atoms with E-state index < -0.39 is 5.41 Å². The molecule has 1 nitrogen and oxygen atoms in total. The highest BCUT2D eigenvalue weighted by Crippen LogP contribution is 2.58. The average molecular weight is 940 g/mol. The zero-order valence-electron chi connectivity index (χ0n) is 40.7. The van der Waals surface area contributed by atoms with Crippen molar-refractivity contribution in [3.05, 3.63) is 320 Å². The molecule has 0 unspecified atom stereocenters. The molecule has 0 bridgehead atoms. The molecule has 0 saturated heterocycles. The van der Waals surface area contributed by atoms with Gasteiger partial charge in [0.2, 0.25) is 0 Å². The lowest BCUT2D eigenvalue weighted by atomic mass is 9.67. The fraction of sp³-hybridized carbons (Fsp3) is 0.0137. The lowest BCUT2D eigenvalue weighted by Crippen LogP contribution is -2.28. The summed E-state index contributed by atoms with van der Waals surface area (Å²) in [5, 5.41) is 7.28. The molecule has 0 radical (unpaired) electrons. The molecule has 0 fully saturated rings. The van der Waals surface area contributed by atoms with Gasteiger partial charge in [-0.3, -0.25) is 0 Å². The minimum absolute atomic E-state index is 0.571. The van der Waals surface area contributed by atoms with Crippen molar-refractivity contribution in [2.75, 3.05) is 4.90 Å². The molecule has 346 valence electrons. The van der Waals surface area contributed by atoms with Crippen LogP contribution in [-0.4, -0.2) is 0 Å². The van der Waals surface area contributed by atoms with Crippen molar-refractivity contribution in [2.45, 2.75) is 5.41 Å². The number of benzene rings is 13. The van der Waals surface area contributed by atoms with Crippen molar-refractivity contribution < 1.29 is 0 Å². The van der Waals surface area contributed by atoms with Crippen LogP contribution in [0.3, 0.4) is 0 Å². The summed E-state index contributed by atoms with van der Waals surface area (Å²) >= 11 is 0. The highest BCUT2D eigenvalue weighted by atomic mass is 15.1. The van der Waals surface area contributed by atoms with Crippen LogP contribution in [0, 0.1) is 0 Å². The lowest BCUT2D eigenvalue weighted by molar-refractivity contribution is 0.768. The molecule has 0 spiro atoms. The van der Waals surface area contributed by atoms with Gasteiger partial charge in [0.05, 0.1) is 11.1 Å². The van der Waals surface area contributed by atoms with E-state index in [0.717, 1.165) is 22.6 Å². The first-order chi connectivity index (χ1) is 36.7. The maximum absolute atomic E-state index is 2.56.